The molecular formula is C14H17N3O2. The largest absolute Gasteiger partial charge is 0.419 e. The second-order valence-corrected chi connectivity index (χ2v) is 5.33. The van der Waals surface area contributed by atoms with Crippen molar-refractivity contribution in [3.8, 4) is 6.07 Å². The first kappa shape index (κ1) is 13.4. The molecule has 19 heavy (non-hydrogen) atoms. The molecule has 0 radical (unpaired) electrons. The summed E-state index contributed by atoms with van der Waals surface area (Å²) in [6.07, 6.45) is 0. The van der Waals surface area contributed by atoms with Crippen molar-refractivity contribution in [2.45, 2.75) is 20.4 Å². The molecule has 0 aliphatic rings. The van der Waals surface area contributed by atoms with Gasteiger partial charge in [-0.3, -0.25) is 4.57 Å². The van der Waals surface area contributed by atoms with Gasteiger partial charge in [-0.2, -0.15) is 5.26 Å². The van der Waals surface area contributed by atoms with Crippen LogP contribution in [0.5, 0.6) is 0 Å². The smallest absolute Gasteiger partial charge is 0.408 e. The Morgan fingerprint density at radius 3 is 2.89 bits per heavy atom. The fraction of sp³-hybridized carbons (Fsp3) is 0.429. The topological polar surface area (TPSA) is 71.0 Å². The third-order valence-corrected chi connectivity index (χ3v) is 3.05. The van der Waals surface area contributed by atoms with Gasteiger partial charge in [0.25, 0.3) is 0 Å². The molecule has 1 heterocycles. The van der Waals surface area contributed by atoms with Crippen LogP contribution in [0.1, 0.15) is 19.4 Å². The minimum absolute atomic E-state index is 0.356. The number of nitrogens with one attached hydrogen (secondary N) is 1. The van der Waals surface area contributed by atoms with Gasteiger partial charge < -0.3 is 9.73 Å². The van der Waals surface area contributed by atoms with Crippen LogP contribution in [-0.4, -0.2) is 11.1 Å². The summed E-state index contributed by atoms with van der Waals surface area (Å²) in [6, 6.07) is 7.88. The molecule has 0 atom stereocenters. The molecule has 1 aromatic carbocycles. The molecule has 2 rings (SSSR count). The first-order valence-electron chi connectivity index (χ1n) is 6.13. The lowest BCUT2D eigenvalue weighted by atomic mass is 9.96. The summed E-state index contributed by atoms with van der Waals surface area (Å²) in [5.41, 5.74) is 2.04. The standard InChI is InChI=1S/C14H17N3O2/c1-14(2,8-15)9-16-7-10-4-5-12-11(6-10)17(3)13(18)19-12/h4-6,16H,7,9H2,1-3H3. The fourth-order valence-corrected chi connectivity index (χ4v) is 1.84. The van der Waals surface area contributed by atoms with E-state index in [0.717, 1.165) is 11.1 Å². The number of hydrogen-bond acceptors (Lipinski definition) is 4. The fourth-order valence-electron chi connectivity index (χ4n) is 1.84. The van der Waals surface area contributed by atoms with Crippen molar-refractivity contribution in [3.05, 3.63) is 34.3 Å². The Balaban J connectivity index is 2.12. The molecule has 100 valence electrons. The van der Waals surface area contributed by atoms with Gasteiger partial charge >= 0.3 is 5.76 Å². The van der Waals surface area contributed by atoms with Crippen molar-refractivity contribution in [2.75, 3.05) is 6.54 Å². The van der Waals surface area contributed by atoms with E-state index in [0.29, 0.717) is 18.7 Å². The number of aryl methyl sites for hydroxylation is 1. The van der Waals surface area contributed by atoms with E-state index in [4.69, 9.17) is 9.68 Å². The average molecular weight is 259 g/mol. The van der Waals surface area contributed by atoms with E-state index in [9.17, 15) is 4.79 Å². The highest BCUT2D eigenvalue weighted by molar-refractivity contribution is 5.73. The van der Waals surface area contributed by atoms with Gasteiger partial charge in [-0.15, -0.1) is 0 Å². The van der Waals surface area contributed by atoms with Crippen molar-refractivity contribution < 1.29 is 4.42 Å². The van der Waals surface area contributed by atoms with Crippen molar-refractivity contribution in [1.82, 2.24) is 9.88 Å². The quantitative estimate of drug-likeness (QED) is 0.908. The van der Waals surface area contributed by atoms with Crippen LogP contribution in [0, 0.1) is 16.7 Å². The van der Waals surface area contributed by atoms with Gasteiger partial charge in [0.2, 0.25) is 0 Å². The van der Waals surface area contributed by atoms with E-state index in [1.54, 1.807) is 13.1 Å². The Kier molecular flexibility index (Phi) is 3.45. The molecule has 5 heteroatoms. The lowest BCUT2D eigenvalue weighted by Crippen LogP contribution is -2.27. The number of benzene rings is 1. The van der Waals surface area contributed by atoms with Crippen molar-refractivity contribution in [3.63, 3.8) is 0 Å². The Morgan fingerprint density at radius 1 is 1.47 bits per heavy atom. The highest BCUT2D eigenvalue weighted by Crippen LogP contribution is 2.15. The maximum Gasteiger partial charge on any atom is 0.419 e. The number of nitrogens with zero attached hydrogens (tertiary/aromatic N) is 2. The molecule has 0 fully saturated rings. The molecule has 0 saturated carbocycles. The van der Waals surface area contributed by atoms with Crippen LogP contribution >= 0.6 is 0 Å². The molecular weight excluding hydrogens is 242 g/mol. The molecule has 0 bridgehead atoms. The zero-order valence-corrected chi connectivity index (χ0v) is 11.4. The molecule has 0 spiro atoms. The molecule has 1 aromatic heterocycles. The van der Waals surface area contributed by atoms with E-state index in [1.807, 2.05) is 26.0 Å². The highest BCUT2D eigenvalue weighted by atomic mass is 16.4. The van der Waals surface area contributed by atoms with Gasteiger partial charge in [0.1, 0.15) is 0 Å². The van der Waals surface area contributed by atoms with E-state index in [2.05, 4.69) is 11.4 Å². The summed E-state index contributed by atoms with van der Waals surface area (Å²) < 4.78 is 6.56. The molecule has 0 saturated heterocycles. The van der Waals surface area contributed by atoms with Crippen LogP contribution in [0.25, 0.3) is 11.1 Å². The van der Waals surface area contributed by atoms with Crippen molar-refractivity contribution in [1.29, 1.82) is 5.26 Å². The monoisotopic (exact) mass is 259 g/mol. The summed E-state index contributed by atoms with van der Waals surface area (Å²) in [4.78, 5) is 11.4. The van der Waals surface area contributed by atoms with Crippen LogP contribution in [0.2, 0.25) is 0 Å². The maximum absolute atomic E-state index is 11.4. The number of aromatic nitrogens is 1. The predicted octanol–water partition coefficient (Wildman–Crippen LogP) is 1.77. The highest BCUT2D eigenvalue weighted by Gasteiger charge is 2.15. The van der Waals surface area contributed by atoms with Crippen LogP contribution in [0.4, 0.5) is 0 Å². The lowest BCUT2D eigenvalue weighted by molar-refractivity contribution is 0.445. The van der Waals surface area contributed by atoms with Gasteiger partial charge in [-0.05, 0) is 31.5 Å². The van der Waals surface area contributed by atoms with Gasteiger partial charge in [0, 0.05) is 20.1 Å². The van der Waals surface area contributed by atoms with Crippen LogP contribution in [0.15, 0.2) is 27.4 Å². The SMILES string of the molecule is Cn1c(=O)oc2ccc(CNCC(C)(C)C#N)cc21. The van der Waals surface area contributed by atoms with Crippen molar-refractivity contribution >= 4 is 11.1 Å². The maximum atomic E-state index is 11.4. The van der Waals surface area contributed by atoms with E-state index in [-0.39, 0.29) is 11.2 Å². The van der Waals surface area contributed by atoms with Gasteiger partial charge in [0.15, 0.2) is 5.58 Å². The van der Waals surface area contributed by atoms with Crippen LogP contribution in [0.3, 0.4) is 0 Å². The van der Waals surface area contributed by atoms with Gasteiger partial charge in [-0.1, -0.05) is 6.07 Å². The number of oxazole rings is 1. The molecule has 0 unspecified atom stereocenters. The molecule has 2 aromatic rings. The summed E-state index contributed by atoms with van der Waals surface area (Å²) in [5.74, 6) is -0.356. The second-order valence-electron chi connectivity index (χ2n) is 5.33. The predicted molar refractivity (Wildman–Crippen MR) is 72.6 cm³/mol. The third-order valence-electron chi connectivity index (χ3n) is 3.05. The molecule has 5 nitrogen and oxygen atoms in total. The summed E-state index contributed by atoms with van der Waals surface area (Å²) in [6.45, 7) is 5.05. The van der Waals surface area contributed by atoms with E-state index >= 15 is 0 Å². The third kappa shape index (κ3) is 2.85. The molecule has 0 aliphatic heterocycles. The minimum atomic E-state index is -0.382. The zero-order valence-electron chi connectivity index (χ0n) is 11.4. The lowest BCUT2D eigenvalue weighted by Gasteiger charge is -2.15. The number of fused-ring (bicyclic) bond motifs is 1. The normalized spacial score (nSPS) is 11.7. The minimum Gasteiger partial charge on any atom is -0.408 e. The van der Waals surface area contributed by atoms with Gasteiger partial charge in [-0.25, -0.2) is 4.79 Å². The number of rotatable bonds is 4. The first-order chi connectivity index (χ1) is 8.93. The molecule has 0 aliphatic carbocycles. The van der Waals surface area contributed by atoms with E-state index < -0.39 is 0 Å². The van der Waals surface area contributed by atoms with Crippen LogP contribution in [-0.2, 0) is 13.6 Å². The Bertz CT molecular complexity index is 689. The van der Waals surface area contributed by atoms with Crippen LogP contribution < -0.4 is 11.1 Å². The Hall–Kier alpha value is -2.06. The number of nitriles is 1. The van der Waals surface area contributed by atoms with Crippen molar-refractivity contribution in [2.24, 2.45) is 12.5 Å². The number of hydrogen-bond donors (Lipinski definition) is 1. The summed E-state index contributed by atoms with van der Waals surface area (Å²) >= 11 is 0. The molecule has 1 N–H and O–H groups in total. The first-order valence-corrected chi connectivity index (χ1v) is 6.13. The van der Waals surface area contributed by atoms with Gasteiger partial charge in [0.05, 0.1) is 17.0 Å². The summed E-state index contributed by atoms with van der Waals surface area (Å²) in [5, 5.41) is 12.2. The Labute approximate surface area is 111 Å². The average Bonchev–Trinajstić information content (AvgIpc) is 2.65. The molecule has 0 amide bonds. The Morgan fingerprint density at radius 2 is 2.21 bits per heavy atom. The van der Waals surface area contributed by atoms with E-state index in [1.165, 1.54) is 4.57 Å². The second kappa shape index (κ2) is 4.90. The summed E-state index contributed by atoms with van der Waals surface area (Å²) in [7, 11) is 1.68. The zero-order chi connectivity index (χ0) is 14.0.